The Hall–Kier alpha value is -1.70. The highest BCUT2D eigenvalue weighted by molar-refractivity contribution is 7.89. The van der Waals surface area contributed by atoms with E-state index < -0.39 is 15.6 Å². The molecule has 0 aliphatic rings. The van der Waals surface area contributed by atoms with Crippen LogP contribution in [0.15, 0.2) is 35.2 Å². The summed E-state index contributed by atoms with van der Waals surface area (Å²) >= 11 is 0. The van der Waals surface area contributed by atoms with Gasteiger partial charge in [-0.3, -0.25) is 5.10 Å². The van der Waals surface area contributed by atoms with Crippen LogP contribution in [0.2, 0.25) is 0 Å². The minimum atomic E-state index is -3.80. The van der Waals surface area contributed by atoms with E-state index >= 15 is 0 Å². The lowest BCUT2D eigenvalue weighted by atomic mass is 9.94. The third-order valence-electron chi connectivity index (χ3n) is 3.42. The number of hydrogen-bond donors (Lipinski definition) is 3. The van der Waals surface area contributed by atoms with Gasteiger partial charge in [0.05, 0.1) is 23.5 Å². The number of sulfonamides is 1. The summed E-state index contributed by atoms with van der Waals surface area (Å²) in [5, 5.41) is 16.2. The number of aliphatic hydroxyl groups is 1. The predicted octanol–water partition coefficient (Wildman–Crippen LogP) is 1.21. The lowest BCUT2D eigenvalue weighted by molar-refractivity contribution is 0.196. The Labute approximate surface area is 124 Å². The Morgan fingerprint density at radius 3 is 2.38 bits per heavy atom. The van der Waals surface area contributed by atoms with Gasteiger partial charge in [0.2, 0.25) is 10.0 Å². The zero-order chi connectivity index (χ0) is 15.7. The first-order valence-corrected chi connectivity index (χ1v) is 8.00. The zero-order valence-corrected chi connectivity index (χ0v) is 13.0. The molecule has 2 rings (SSSR count). The van der Waals surface area contributed by atoms with Gasteiger partial charge in [-0.1, -0.05) is 30.3 Å². The summed E-state index contributed by atoms with van der Waals surface area (Å²) in [6.45, 7) is 4.56. The smallest absolute Gasteiger partial charge is 0.245 e. The molecule has 1 unspecified atom stereocenters. The van der Waals surface area contributed by atoms with E-state index in [1.807, 2.05) is 6.07 Å². The fraction of sp³-hybridized carbons (Fsp3) is 0.357. The second-order valence-electron chi connectivity index (χ2n) is 5.22. The summed E-state index contributed by atoms with van der Waals surface area (Å²) in [6.07, 6.45) is 0. The third-order valence-corrected chi connectivity index (χ3v) is 5.27. The molecule has 1 heterocycles. The average Bonchev–Trinajstić information content (AvgIpc) is 2.79. The molecule has 0 fully saturated rings. The molecular weight excluding hydrogens is 290 g/mol. The molecule has 0 spiro atoms. The van der Waals surface area contributed by atoms with Crippen molar-refractivity contribution in [1.29, 1.82) is 0 Å². The average molecular weight is 309 g/mol. The molecule has 1 aromatic carbocycles. The first kappa shape index (κ1) is 15.7. The van der Waals surface area contributed by atoms with Crippen molar-refractivity contribution < 1.29 is 13.5 Å². The molecule has 114 valence electrons. The second-order valence-corrected chi connectivity index (χ2v) is 6.84. The zero-order valence-electron chi connectivity index (χ0n) is 12.2. The fourth-order valence-electron chi connectivity index (χ4n) is 2.27. The van der Waals surface area contributed by atoms with Crippen LogP contribution in [0.4, 0.5) is 0 Å². The summed E-state index contributed by atoms with van der Waals surface area (Å²) in [5.41, 5.74) is 0.451. The summed E-state index contributed by atoms with van der Waals surface area (Å²) < 4.78 is 27.8. The van der Waals surface area contributed by atoms with E-state index in [0.29, 0.717) is 17.0 Å². The van der Waals surface area contributed by atoms with Gasteiger partial charge in [0, 0.05) is 0 Å². The van der Waals surface area contributed by atoms with Gasteiger partial charge >= 0.3 is 0 Å². The number of aryl methyl sites for hydroxylation is 2. The number of aromatic nitrogens is 2. The van der Waals surface area contributed by atoms with Gasteiger partial charge < -0.3 is 5.11 Å². The highest BCUT2D eigenvalue weighted by Crippen LogP contribution is 2.25. The number of H-pyrrole nitrogens is 1. The van der Waals surface area contributed by atoms with Gasteiger partial charge in [0.25, 0.3) is 0 Å². The summed E-state index contributed by atoms with van der Waals surface area (Å²) in [7, 11) is -3.80. The Balaban J connectivity index is 2.43. The SMILES string of the molecule is Cc1n[nH]c(C)c1S(=O)(=O)NC(C)(CO)c1ccccc1. The molecule has 21 heavy (non-hydrogen) atoms. The van der Waals surface area contributed by atoms with Gasteiger partial charge in [0.15, 0.2) is 0 Å². The Bertz CT molecular complexity index is 706. The molecule has 0 saturated carbocycles. The summed E-state index contributed by atoms with van der Waals surface area (Å²) in [6, 6.07) is 8.97. The van der Waals surface area contributed by atoms with Crippen molar-refractivity contribution in [3.8, 4) is 0 Å². The topological polar surface area (TPSA) is 95.1 Å². The Kier molecular flexibility index (Phi) is 4.18. The van der Waals surface area contributed by atoms with Gasteiger partial charge in [-0.2, -0.15) is 9.82 Å². The number of aromatic amines is 1. The lowest BCUT2D eigenvalue weighted by Gasteiger charge is -2.29. The van der Waals surface area contributed by atoms with Crippen molar-refractivity contribution in [2.75, 3.05) is 6.61 Å². The van der Waals surface area contributed by atoms with Crippen LogP contribution in [0.3, 0.4) is 0 Å². The fourth-order valence-corrected chi connectivity index (χ4v) is 4.03. The molecule has 0 amide bonds. The van der Waals surface area contributed by atoms with Crippen molar-refractivity contribution in [1.82, 2.24) is 14.9 Å². The molecule has 1 atom stereocenters. The van der Waals surface area contributed by atoms with Crippen LogP contribution in [-0.2, 0) is 15.6 Å². The van der Waals surface area contributed by atoms with Gasteiger partial charge in [0.1, 0.15) is 4.90 Å². The van der Waals surface area contributed by atoms with Crippen LogP contribution in [0.5, 0.6) is 0 Å². The highest BCUT2D eigenvalue weighted by atomic mass is 32.2. The minimum Gasteiger partial charge on any atom is -0.394 e. The summed E-state index contributed by atoms with van der Waals surface area (Å²) in [4.78, 5) is 0.123. The molecule has 0 radical (unpaired) electrons. The monoisotopic (exact) mass is 309 g/mol. The number of nitrogens with zero attached hydrogens (tertiary/aromatic N) is 1. The van der Waals surface area contributed by atoms with Crippen molar-refractivity contribution >= 4 is 10.0 Å². The highest BCUT2D eigenvalue weighted by Gasteiger charge is 2.34. The second kappa shape index (κ2) is 5.59. The van der Waals surface area contributed by atoms with Crippen LogP contribution < -0.4 is 4.72 Å². The van der Waals surface area contributed by atoms with E-state index in [1.54, 1.807) is 45.0 Å². The van der Waals surface area contributed by atoms with Crippen LogP contribution in [-0.4, -0.2) is 30.3 Å². The molecule has 0 aliphatic carbocycles. The summed E-state index contributed by atoms with van der Waals surface area (Å²) in [5.74, 6) is 0. The van der Waals surface area contributed by atoms with Crippen LogP contribution in [0.1, 0.15) is 23.9 Å². The number of hydrogen-bond acceptors (Lipinski definition) is 4. The third kappa shape index (κ3) is 2.99. The van der Waals surface area contributed by atoms with Crippen LogP contribution >= 0.6 is 0 Å². The Morgan fingerprint density at radius 1 is 1.29 bits per heavy atom. The lowest BCUT2D eigenvalue weighted by Crippen LogP contribution is -2.46. The van der Waals surface area contributed by atoms with Crippen molar-refractivity contribution in [3.05, 3.63) is 47.3 Å². The molecule has 2 aromatic rings. The molecule has 0 aliphatic heterocycles. The van der Waals surface area contributed by atoms with Crippen molar-refractivity contribution in [2.24, 2.45) is 0 Å². The molecule has 6 nitrogen and oxygen atoms in total. The molecule has 7 heteroatoms. The maximum atomic E-state index is 12.6. The standard InChI is InChI=1S/C14H19N3O3S/c1-10-13(11(2)16-15-10)21(19,20)17-14(3,9-18)12-7-5-4-6-8-12/h4-8,17-18H,9H2,1-3H3,(H,15,16). The normalized spacial score (nSPS) is 14.9. The largest absolute Gasteiger partial charge is 0.394 e. The van der Waals surface area contributed by atoms with Crippen molar-refractivity contribution in [3.63, 3.8) is 0 Å². The number of benzene rings is 1. The predicted molar refractivity (Wildman–Crippen MR) is 79.3 cm³/mol. The van der Waals surface area contributed by atoms with Gasteiger partial charge in [-0.25, -0.2) is 8.42 Å². The van der Waals surface area contributed by atoms with Gasteiger partial charge in [-0.15, -0.1) is 0 Å². The quantitative estimate of drug-likeness (QED) is 0.773. The Morgan fingerprint density at radius 2 is 1.90 bits per heavy atom. The first-order valence-electron chi connectivity index (χ1n) is 6.52. The van der Waals surface area contributed by atoms with E-state index in [-0.39, 0.29) is 11.5 Å². The van der Waals surface area contributed by atoms with E-state index in [0.717, 1.165) is 0 Å². The first-order chi connectivity index (χ1) is 9.80. The van der Waals surface area contributed by atoms with E-state index in [9.17, 15) is 13.5 Å². The minimum absolute atomic E-state index is 0.123. The maximum absolute atomic E-state index is 12.6. The van der Waals surface area contributed by atoms with E-state index in [2.05, 4.69) is 14.9 Å². The maximum Gasteiger partial charge on any atom is 0.245 e. The molecule has 3 N–H and O–H groups in total. The van der Waals surface area contributed by atoms with Gasteiger partial charge in [-0.05, 0) is 26.3 Å². The molecule has 0 bridgehead atoms. The van der Waals surface area contributed by atoms with Crippen LogP contribution in [0.25, 0.3) is 0 Å². The molecule has 0 saturated heterocycles. The van der Waals surface area contributed by atoms with Crippen LogP contribution in [0, 0.1) is 13.8 Å². The van der Waals surface area contributed by atoms with E-state index in [4.69, 9.17) is 0 Å². The molecular formula is C14H19N3O3S. The van der Waals surface area contributed by atoms with E-state index in [1.165, 1.54) is 0 Å². The number of aliphatic hydroxyl groups excluding tert-OH is 1. The van der Waals surface area contributed by atoms with Crippen molar-refractivity contribution in [2.45, 2.75) is 31.2 Å². The molecule has 1 aromatic heterocycles. The number of nitrogens with one attached hydrogen (secondary N) is 2. The number of rotatable bonds is 5.